The zero-order chi connectivity index (χ0) is 27.7. The molecule has 0 spiro atoms. The minimum atomic E-state index is -3.75. The Morgan fingerprint density at radius 1 is 0.949 bits per heavy atom. The Bertz CT molecular complexity index is 1640. The molecule has 3 aromatic carbocycles. The van der Waals surface area contributed by atoms with Crippen LogP contribution in [-0.2, 0) is 10.0 Å². The first kappa shape index (κ1) is 26.8. The van der Waals surface area contributed by atoms with Gasteiger partial charge in [-0.1, -0.05) is 38.1 Å². The number of sulfonamides is 1. The van der Waals surface area contributed by atoms with Gasteiger partial charge in [-0.15, -0.1) is 0 Å². The molecule has 0 amide bonds. The van der Waals surface area contributed by atoms with Crippen LogP contribution in [0.15, 0.2) is 82.1 Å². The van der Waals surface area contributed by atoms with Gasteiger partial charge in [0.2, 0.25) is 15.8 Å². The van der Waals surface area contributed by atoms with Gasteiger partial charge in [0.1, 0.15) is 11.4 Å². The third-order valence-corrected chi connectivity index (χ3v) is 8.79. The number of carbonyl (C=O) groups excluding carboxylic acids is 2. The summed E-state index contributed by atoms with van der Waals surface area (Å²) >= 11 is 0. The van der Waals surface area contributed by atoms with E-state index in [0.29, 0.717) is 29.7 Å². The van der Waals surface area contributed by atoms with Crippen LogP contribution in [-0.4, -0.2) is 43.9 Å². The fourth-order valence-corrected chi connectivity index (χ4v) is 6.89. The van der Waals surface area contributed by atoms with Gasteiger partial charge in [0.05, 0.1) is 17.1 Å². The Hall–Kier alpha value is -3.82. The van der Waals surface area contributed by atoms with E-state index in [0.717, 1.165) is 6.42 Å². The molecule has 2 heterocycles. The molecule has 9 heteroatoms. The van der Waals surface area contributed by atoms with E-state index in [2.05, 4.69) is 5.32 Å². The zero-order valence-corrected chi connectivity index (χ0v) is 22.5. The normalized spacial score (nSPS) is 18.2. The monoisotopic (exact) mass is 548 g/mol. The van der Waals surface area contributed by atoms with Crippen LogP contribution >= 0.6 is 0 Å². The molecule has 4 aromatic rings. The number of halogens is 1. The van der Waals surface area contributed by atoms with Gasteiger partial charge in [-0.25, -0.2) is 12.8 Å². The van der Waals surface area contributed by atoms with Crippen molar-refractivity contribution in [2.75, 3.05) is 25.0 Å². The van der Waals surface area contributed by atoms with Gasteiger partial charge in [0.15, 0.2) is 11.5 Å². The number of furan rings is 1. The molecule has 0 radical (unpaired) electrons. The summed E-state index contributed by atoms with van der Waals surface area (Å²) in [5.41, 5.74) is 1.27. The average Bonchev–Trinajstić information content (AvgIpc) is 3.30. The molecule has 0 saturated carbocycles. The largest absolute Gasteiger partial charge is 0.450 e. The highest BCUT2D eigenvalue weighted by molar-refractivity contribution is 7.89. The van der Waals surface area contributed by atoms with Gasteiger partial charge in [-0.05, 0) is 66.8 Å². The standard InChI is InChI=1S/C30H29FN2O5S/c1-19-14-20(2)18-33(17-19)39(36,37)24-7-5-6-22(15-24)26(34)16-32-28-25-8-3-4-9-27(25)38-30(28)29(35)21-10-12-23(31)13-11-21/h3-13,15,19-20,32H,14,16-18H2,1-2H3. The second-order valence-electron chi connectivity index (χ2n) is 10.2. The molecule has 2 atom stereocenters. The first-order valence-electron chi connectivity index (χ1n) is 12.8. The van der Waals surface area contributed by atoms with E-state index in [4.69, 9.17) is 4.42 Å². The van der Waals surface area contributed by atoms with Crippen molar-refractivity contribution in [3.63, 3.8) is 0 Å². The Morgan fingerprint density at radius 3 is 2.36 bits per heavy atom. The number of fused-ring (bicyclic) bond motifs is 1. The van der Waals surface area contributed by atoms with Crippen molar-refractivity contribution >= 4 is 38.2 Å². The van der Waals surface area contributed by atoms with E-state index >= 15 is 0 Å². The summed E-state index contributed by atoms with van der Waals surface area (Å²) in [6, 6.07) is 18.2. The summed E-state index contributed by atoms with van der Waals surface area (Å²) in [5.74, 6) is -0.755. The van der Waals surface area contributed by atoms with Crippen molar-refractivity contribution in [2.45, 2.75) is 25.2 Å². The minimum absolute atomic E-state index is 0.000254. The molecule has 1 saturated heterocycles. The first-order chi connectivity index (χ1) is 18.6. The molecule has 39 heavy (non-hydrogen) atoms. The molecule has 1 fully saturated rings. The topological polar surface area (TPSA) is 96.7 Å². The van der Waals surface area contributed by atoms with Gasteiger partial charge >= 0.3 is 0 Å². The van der Waals surface area contributed by atoms with E-state index in [9.17, 15) is 22.4 Å². The maximum atomic E-state index is 13.4. The molecule has 1 aliphatic rings. The van der Waals surface area contributed by atoms with Gasteiger partial charge in [-0.3, -0.25) is 9.59 Å². The van der Waals surface area contributed by atoms with Crippen molar-refractivity contribution in [1.82, 2.24) is 4.31 Å². The van der Waals surface area contributed by atoms with Crippen LogP contribution in [0.4, 0.5) is 10.1 Å². The molecular formula is C30H29FN2O5S. The quantitative estimate of drug-likeness (QED) is 0.281. The fraction of sp³-hybridized carbons (Fsp3) is 0.267. The molecule has 1 N–H and O–H groups in total. The first-order valence-corrected chi connectivity index (χ1v) is 14.3. The number of piperidine rings is 1. The van der Waals surface area contributed by atoms with Crippen molar-refractivity contribution < 1.29 is 26.8 Å². The Balaban J connectivity index is 1.39. The fourth-order valence-electron chi connectivity index (χ4n) is 5.17. The summed E-state index contributed by atoms with van der Waals surface area (Å²) in [5, 5.41) is 3.64. The molecule has 7 nitrogen and oxygen atoms in total. The number of Topliss-reactive ketones (excluding diaryl/α,β-unsaturated/α-hetero) is 1. The number of rotatable bonds is 8. The lowest BCUT2D eigenvalue weighted by atomic mass is 9.94. The molecule has 0 bridgehead atoms. The third-order valence-electron chi connectivity index (χ3n) is 6.96. The van der Waals surface area contributed by atoms with E-state index in [1.165, 1.54) is 40.7 Å². The number of hydrogen-bond acceptors (Lipinski definition) is 6. The number of ketones is 2. The van der Waals surface area contributed by atoms with Crippen LogP contribution in [0.1, 0.15) is 46.7 Å². The molecule has 5 rings (SSSR count). The Kier molecular flexibility index (Phi) is 7.38. The Morgan fingerprint density at radius 2 is 1.64 bits per heavy atom. The van der Waals surface area contributed by atoms with Crippen molar-refractivity contribution in [1.29, 1.82) is 0 Å². The lowest BCUT2D eigenvalue weighted by molar-refractivity contribution is 0.0997. The summed E-state index contributed by atoms with van der Waals surface area (Å²) < 4.78 is 47.4. The van der Waals surface area contributed by atoms with Gasteiger partial charge in [0.25, 0.3) is 0 Å². The summed E-state index contributed by atoms with van der Waals surface area (Å²) in [6.07, 6.45) is 0.977. The lowest BCUT2D eigenvalue weighted by Gasteiger charge is -2.34. The molecule has 1 aromatic heterocycles. The number of nitrogens with zero attached hydrogens (tertiary/aromatic N) is 1. The predicted molar refractivity (Wildman–Crippen MR) is 147 cm³/mol. The highest BCUT2D eigenvalue weighted by Crippen LogP contribution is 2.33. The van der Waals surface area contributed by atoms with Crippen LogP contribution in [0.25, 0.3) is 11.0 Å². The number of benzene rings is 3. The molecule has 0 aliphatic carbocycles. The average molecular weight is 549 g/mol. The molecule has 202 valence electrons. The lowest BCUT2D eigenvalue weighted by Crippen LogP contribution is -2.42. The predicted octanol–water partition coefficient (Wildman–Crippen LogP) is 5.76. The summed E-state index contributed by atoms with van der Waals surface area (Å²) in [4.78, 5) is 26.5. The number of para-hydroxylation sites is 1. The van der Waals surface area contributed by atoms with Crippen LogP contribution in [0, 0.1) is 17.7 Å². The number of hydrogen-bond donors (Lipinski definition) is 1. The van der Waals surface area contributed by atoms with Gasteiger partial charge in [-0.2, -0.15) is 4.31 Å². The highest BCUT2D eigenvalue weighted by atomic mass is 32.2. The molecular weight excluding hydrogens is 519 g/mol. The van der Waals surface area contributed by atoms with Crippen molar-refractivity contribution in [3.8, 4) is 0 Å². The zero-order valence-electron chi connectivity index (χ0n) is 21.7. The molecule has 2 unspecified atom stereocenters. The number of nitrogens with one attached hydrogen (secondary N) is 1. The second-order valence-corrected chi connectivity index (χ2v) is 12.1. The van der Waals surface area contributed by atoms with E-state index in [1.807, 2.05) is 13.8 Å². The Labute approximate surface area is 226 Å². The summed E-state index contributed by atoms with van der Waals surface area (Å²) in [7, 11) is -3.75. The SMILES string of the molecule is CC1CC(C)CN(S(=O)(=O)c2cccc(C(=O)CNc3c(C(=O)c4ccc(F)cc4)oc4ccccc34)c2)C1. The molecule has 1 aliphatic heterocycles. The van der Waals surface area contributed by atoms with Crippen molar-refractivity contribution in [3.05, 3.63) is 95.5 Å². The van der Waals surface area contributed by atoms with Gasteiger partial charge in [0, 0.05) is 29.6 Å². The second kappa shape index (κ2) is 10.7. The number of carbonyl (C=O) groups is 2. The summed E-state index contributed by atoms with van der Waals surface area (Å²) in [6.45, 7) is 4.78. The third kappa shape index (κ3) is 5.51. The minimum Gasteiger partial charge on any atom is -0.450 e. The van der Waals surface area contributed by atoms with E-state index < -0.39 is 21.6 Å². The smallest absolute Gasteiger partial charge is 0.243 e. The van der Waals surface area contributed by atoms with Crippen LogP contribution in [0.3, 0.4) is 0 Å². The van der Waals surface area contributed by atoms with E-state index in [1.54, 1.807) is 36.4 Å². The highest BCUT2D eigenvalue weighted by Gasteiger charge is 2.32. The maximum absolute atomic E-state index is 13.4. The van der Waals surface area contributed by atoms with Gasteiger partial charge < -0.3 is 9.73 Å². The van der Waals surface area contributed by atoms with E-state index in [-0.39, 0.29) is 45.9 Å². The maximum Gasteiger partial charge on any atom is 0.243 e. The number of anilines is 1. The van der Waals surface area contributed by atoms with Crippen molar-refractivity contribution in [2.24, 2.45) is 11.8 Å². The van der Waals surface area contributed by atoms with Crippen LogP contribution in [0.2, 0.25) is 0 Å². The van der Waals surface area contributed by atoms with Crippen LogP contribution < -0.4 is 5.32 Å². The van der Waals surface area contributed by atoms with Crippen LogP contribution in [0.5, 0.6) is 0 Å².